The molecular weight excluding hydrogens is 312 g/mol. The van der Waals surface area contributed by atoms with E-state index in [0.717, 1.165) is 4.47 Å². The monoisotopic (exact) mass is 326 g/mol. The zero-order chi connectivity index (χ0) is 14.0. The highest BCUT2D eigenvalue weighted by atomic mass is 79.9. The number of hydrogen-bond donors (Lipinski definition) is 1. The molecule has 0 aliphatic rings. The third kappa shape index (κ3) is 2.86. The molecule has 0 bridgehead atoms. The van der Waals surface area contributed by atoms with Gasteiger partial charge in [0.15, 0.2) is 5.76 Å². The fourth-order valence-electron chi connectivity index (χ4n) is 1.85. The molecule has 102 valence electrons. The molecule has 2 heterocycles. The normalized spacial score (nSPS) is 12.4. The summed E-state index contributed by atoms with van der Waals surface area (Å²) in [6.45, 7) is 5.49. The number of aryl methyl sites for hydroxylation is 2. The van der Waals surface area contributed by atoms with Gasteiger partial charge < -0.3 is 9.84 Å². The number of rotatable bonds is 4. The maximum Gasteiger partial charge on any atom is 0.249 e. The second-order valence-electron chi connectivity index (χ2n) is 4.25. The molecule has 1 amide bonds. The predicted molar refractivity (Wildman–Crippen MR) is 73.9 cm³/mol. The van der Waals surface area contributed by atoms with Crippen LogP contribution in [-0.2, 0) is 4.79 Å². The summed E-state index contributed by atoms with van der Waals surface area (Å²) in [6.07, 6.45) is 4.08. The van der Waals surface area contributed by atoms with Crippen molar-refractivity contribution in [3.63, 3.8) is 0 Å². The number of hydrogen-bond acceptors (Lipinski definition) is 4. The summed E-state index contributed by atoms with van der Waals surface area (Å²) in [4.78, 5) is 12.3. The molecule has 1 N–H and O–H groups in total. The molecule has 19 heavy (non-hydrogen) atoms. The average molecular weight is 327 g/mol. The van der Waals surface area contributed by atoms with Crippen LogP contribution in [0.2, 0.25) is 0 Å². The van der Waals surface area contributed by atoms with Crippen LogP contribution in [0.25, 0.3) is 0 Å². The second kappa shape index (κ2) is 5.56. The van der Waals surface area contributed by atoms with Gasteiger partial charge in [0.1, 0.15) is 17.4 Å². The number of halogens is 1. The van der Waals surface area contributed by atoms with Crippen molar-refractivity contribution in [2.24, 2.45) is 0 Å². The highest BCUT2D eigenvalue weighted by molar-refractivity contribution is 9.10. The molecule has 0 fully saturated rings. The topological polar surface area (TPSA) is 73.0 Å². The van der Waals surface area contributed by atoms with Gasteiger partial charge in [-0.05, 0) is 36.2 Å². The summed E-state index contributed by atoms with van der Waals surface area (Å²) in [5.74, 6) is 0.467. The van der Waals surface area contributed by atoms with E-state index < -0.39 is 0 Å². The van der Waals surface area contributed by atoms with Gasteiger partial charge in [0.05, 0.1) is 10.7 Å². The Labute approximate surface area is 119 Å². The molecular formula is C12H15BrN4O2. The van der Waals surface area contributed by atoms with Crippen molar-refractivity contribution in [1.29, 1.82) is 0 Å². The lowest BCUT2D eigenvalue weighted by Gasteiger charge is -2.15. The Morgan fingerprint density at radius 1 is 1.58 bits per heavy atom. The molecule has 0 radical (unpaired) electrons. The first-order chi connectivity index (χ1) is 9.02. The van der Waals surface area contributed by atoms with E-state index in [9.17, 15) is 4.79 Å². The van der Waals surface area contributed by atoms with Crippen LogP contribution in [-0.4, -0.2) is 20.8 Å². The van der Waals surface area contributed by atoms with Crippen LogP contribution >= 0.6 is 15.9 Å². The molecule has 0 saturated heterocycles. The third-order valence-electron chi connectivity index (χ3n) is 2.86. The highest BCUT2D eigenvalue weighted by Crippen LogP contribution is 2.22. The molecule has 0 spiro atoms. The van der Waals surface area contributed by atoms with Crippen LogP contribution in [0, 0.1) is 13.8 Å². The number of carbonyl (C=O) groups excluding carboxylic acids is 1. The fraction of sp³-hybridized carbons (Fsp3) is 0.417. The quantitative estimate of drug-likeness (QED) is 0.937. The summed E-state index contributed by atoms with van der Waals surface area (Å²) < 4.78 is 7.50. The standard InChI is InChI=1S/C12H15BrN4O2/c1-4-10(17-6-9(13)5-14-17)12(18)15-11-7(2)16-19-8(11)3/h5-6,10H,4H2,1-3H3,(H,15,18). The molecule has 2 aromatic heterocycles. The van der Waals surface area contributed by atoms with Crippen LogP contribution in [0.5, 0.6) is 0 Å². The van der Waals surface area contributed by atoms with Crippen LogP contribution in [0.3, 0.4) is 0 Å². The van der Waals surface area contributed by atoms with Crippen molar-refractivity contribution in [3.05, 3.63) is 28.3 Å². The van der Waals surface area contributed by atoms with Crippen molar-refractivity contribution in [1.82, 2.24) is 14.9 Å². The average Bonchev–Trinajstić information content (AvgIpc) is 2.91. The van der Waals surface area contributed by atoms with Crippen LogP contribution < -0.4 is 5.32 Å². The predicted octanol–water partition coefficient (Wildman–Crippen LogP) is 2.84. The van der Waals surface area contributed by atoms with E-state index in [0.29, 0.717) is 23.6 Å². The van der Waals surface area contributed by atoms with Crippen molar-refractivity contribution in [3.8, 4) is 0 Å². The first-order valence-electron chi connectivity index (χ1n) is 5.96. The minimum Gasteiger partial charge on any atom is -0.359 e. The Hall–Kier alpha value is -1.63. The Morgan fingerprint density at radius 2 is 2.32 bits per heavy atom. The number of anilines is 1. The molecule has 1 unspecified atom stereocenters. The van der Waals surface area contributed by atoms with Crippen molar-refractivity contribution in [2.45, 2.75) is 33.2 Å². The molecule has 7 heteroatoms. The van der Waals surface area contributed by atoms with E-state index >= 15 is 0 Å². The number of amides is 1. The Bertz CT molecular complexity index is 571. The van der Waals surface area contributed by atoms with Gasteiger partial charge in [-0.2, -0.15) is 5.10 Å². The lowest BCUT2D eigenvalue weighted by molar-refractivity contribution is -0.119. The molecule has 6 nitrogen and oxygen atoms in total. The van der Waals surface area contributed by atoms with Crippen LogP contribution in [0.1, 0.15) is 30.8 Å². The van der Waals surface area contributed by atoms with Gasteiger partial charge in [0.2, 0.25) is 5.91 Å². The first kappa shape index (κ1) is 13.8. The van der Waals surface area contributed by atoms with E-state index in [1.807, 2.05) is 6.92 Å². The highest BCUT2D eigenvalue weighted by Gasteiger charge is 2.22. The first-order valence-corrected chi connectivity index (χ1v) is 6.75. The van der Waals surface area contributed by atoms with Crippen LogP contribution in [0.4, 0.5) is 5.69 Å². The van der Waals surface area contributed by atoms with E-state index in [1.54, 1.807) is 30.9 Å². The van der Waals surface area contributed by atoms with E-state index in [-0.39, 0.29) is 11.9 Å². The zero-order valence-corrected chi connectivity index (χ0v) is 12.6. The minimum atomic E-state index is -0.361. The Balaban J connectivity index is 2.18. The van der Waals surface area contributed by atoms with Gasteiger partial charge in [0.25, 0.3) is 0 Å². The van der Waals surface area contributed by atoms with Gasteiger partial charge in [-0.3, -0.25) is 9.48 Å². The largest absolute Gasteiger partial charge is 0.359 e. The molecule has 0 aliphatic carbocycles. The lowest BCUT2D eigenvalue weighted by Crippen LogP contribution is -2.26. The van der Waals surface area contributed by atoms with Gasteiger partial charge in [-0.15, -0.1) is 0 Å². The fourth-order valence-corrected chi connectivity index (χ4v) is 2.15. The maximum atomic E-state index is 12.3. The van der Waals surface area contributed by atoms with Gasteiger partial charge in [-0.25, -0.2) is 0 Å². The van der Waals surface area contributed by atoms with E-state index in [4.69, 9.17) is 4.52 Å². The van der Waals surface area contributed by atoms with Gasteiger partial charge >= 0.3 is 0 Å². The molecule has 0 aromatic carbocycles. The molecule has 0 saturated carbocycles. The summed E-state index contributed by atoms with van der Waals surface area (Å²) in [6, 6.07) is -0.361. The zero-order valence-electron chi connectivity index (χ0n) is 11.0. The number of aromatic nitrogens is 3. The van der Waals surface area contributed by atoms with Crippen molar-refractivity contribution >= 4 is 27.5 Å². The Morgan fingerprint density at radius 3 is 2.79 bits per heavy atom. The van der Waals surface area contributed by atoms with Gasteiger partial charge in [0, 0.05) is 6.20 Å². The minimum absolute atomic E-state index is 0.132. The Kier molecular flexibility index (Phi) is 4.04. The summed E-state index contributed by atoms with van der Waals surface area (Å²) in [5, 5.41) is 10.8. The smallest absolute Gasteiger partial charge is 0.249 e. The summed E-state index contributed by atoms with van der Waals surface area (Å²) in [5.41, 5.74) is 1.30. The van der Waals surface area contributed by atoms with E-state index in [1.165, 1.54) is 0 Å². The number of nitrogens with zero attached hydrogens (tertiary/aromatic N) is 3. The molecule has 2 aromatic rings. The second-order valence-corrected chi connectivity index (χ2v) is 5.17. The molecule has 1 atom stereocenters. The number of carbonyl (C=O) groups is 1. The lowest BCUT2D eigenvalue weighted by atomic mass is 10.2. The number of nitrogens with one attached hydrogen (secondary N) is 1. The summed E-state index contributed by atoms with van der Waals surface area (Å²) in [7, 11) is 0. The summed E-state index contributed by atoms with van der Waals surface area (Å²) >= 11 is 3.32. The van der Waals surface area contributed by atoms with Gasteiger partial charge in [-0.1, -0.05) is 12.1 Å². The third-order valence-corrected chi connectivity index (χ3v) is 3.27. The van der Waals surface area contributed by atoms with Crippen molar-refractivity contribution < 1.29 is 9.32 Å². The van der Waals surface area contributed by atoms with E-state index in [2.05, 4.69) is 31.5 Å². The molecule has 2 rings (SSSR count). The van der Waals surface area contributed by atoms with Crippen LogP contribution in [0.15, 0.2) is 21.4 Å². The molecule has 0 aliphatic heterocycles. The maximum absolute atomic E-state index is 12.3. The SMILES string of the molecule is CCC(C(=O)Nc1c(C)noc1C)n1cc(Br)cn1. The van der Waals surface area contributed by atoms with Crippen molar-refractivity contribution in [2.75, 3.05) is 5.32 Å².